The maximum absolute atomic E-state index is 11.3. The summed E-state index contributed by atoms with van der Waals surface area (Å²) in [4.78, 5) is 8.20. The molecule has 6 heteroatoms. The highest BCUT2D eigenvalue weighted by molar-refractivity contribution is 7.90. The first kappa shape index (κ1) is 13.6. The van der Waals surface area contributed by atoms with Gasteiger partial charge in [-0.2, -0.15) is 0 Å². The standard InChI is InChI=1S/C13H15N3O2S/c1-19(17,18)13-4-2-11(3-5-13)6-14-7-12-8-15-10-16-9-12/h2-5,8-10,14H,6-7H2,1H3. The number of aromatic nitrogens is 2. The van der Waals surface area contributed by atoms with E-state index in [1.54, 1.807) is 24.5 Å². The lowest BCUT2D eigenvalue weighted by molar-refractivity contribution is 0.602. The van der Waals surface area contributed by atoms with Gasteiger partial charge in [-0.25, -0.2) is 18.4 Å². The van der Waals surface area contributed by atoms with Crippen molar-refractivity contribution >= 4 is 9.84 Å². The van der Waals surface area contributed by atoms with E-state index in [0.717, 1.165) is 11.1 Å². The minimum atomic E-state index is -3.12. The van der Waals surface area contributed by atoms with E-state index >= 15 is 0 Å². The molecule has 1 aromatic carbocycles. The second-order valence-corrected chi connectivity index (χ2v) is 6.28. The van der Waals surface area contributed by atoms with Crippen LogP contribution in [0.15, 0.2) is 47.9 Å². The molecule has 0 atom stereocenters. The van der Waals surface area contributed by atoms with Crippen molar-refractivity contribution in [2.45, 2.75) is 18.0 Å². The van der Waals surface area contributed by atoms with Crippen LogP contribution in [0.5, 0.6) is 0 Å². The predicted octanol–water partition coefficient (Wildman–Crippen LogP) is 1.17. The molecule has 100 valence electrons. The lowest BCUT2D eigenvalue weighted by Crippen LogP contribution is -2.13. The molecule has 1 heterocycles. The summed E-state index contributed by atoms with van der Waals surface area (Å²) in [6, 6.07) is 6.87. The molecule has 0 aliphatic heterocycles. The third kappa shape index (κ3) is 4.11. The molecule has 0 amide bonds. The molecule has 2 rings (SSSR count). The molecule has 0 radical (unpaired) electrons. The zero-order chi connectivity index (χ0) is 13.7. The largest absolute Gasteiger partial charge is 0.309 e. The van der Waals surface area contributed by atoms with Crippen LogP contribution in [-0.4, -0.2) is 24.6 Å². The number of nitrogens with zero attached hydrogens (tertiary/aromatic N) is 2. The first-order valence-electron chi connectivity index (χ1n) is 5.79. The van der Waals surface area contributed by atoms with E-state index in [1.165, 1.54) is 12.6 Å². The summed E-state index contributed by atoms with van der Waals surface area (Å²) in [6.45, 7) is 1.34. The minimum absolute atomic E-state index is 0.340. The molecule has 1 aromatic heterocycles. The van der Waals surface area contributed by atoms with Gasteiger partial charge in [0.15, 0.2) is 9.84 Å². The Balaban J connectivity index is 1.90. The van der Waals surface area contributed by atoms with E-state index in [9.17, 15) is 8.42 Å². The SMILES string of the molecule is CS(=O)(=O)c1ccc(CNCc2cncnc2)cc1. The molecule has 0 unspecified atom stereocenters. The Bertz CT molecular complexity index is 625. The van der Waals surface area contributed by atoms with E-state index in [2.05, 4.69) is 15.3 Å². The van der Waals surface area contributed by atoms with Crippen LogP contribution in [0.25, 0.3) is 0 Å². The third-order valence-electron chi connectivity index (χ3n) is 2.62. The van der Waals surface area contributed by atoms with Gasteiger partial charge in [0.25, 0.3) is 0 Å². The van der Waals surface area contributed by atoms with Crippen molar-refractivity contribution in [3.8, 4) is 0 Å². The summed E-state index contributed by atoms with van der Waals surface area (Å²) in [5.74, 6) is 0. The fourth-order valence-electron chi connectivity index (χ4n) is 1.63. The van der Waals surface area contributed by atoms with Crippen molar-refractivity contribution in [1.82, 2.24) is 15.3 Å². The molecule has 0 saturated carbocycles. The maximum atomic E-state index is 11.3. The molecule has 0 aliphatic rings. The molecule has 0 saturated heterocycles. The lowest BCUT2D eigenvalue weighted by Gasteiger charge is -2.05. The summed E-state index contributed by atoms with van der Waals surface area (Å²) >= 11 is 0. The van der Waals surface area contributed by atoms with Crippen LogP contribution in [0.1, 0.15) is 11.1 Å². The Hall–Kier alpha value is -1.79. The first-order valence-corrected chi connectivity index (χ1v) is 7.68. The quantitative estimate of drug-likeness (QED) is 0.888. The van der Waals surface area contributed by atoms with Gasteiger partial charge in [0.2, 0.25) is 0 Å². The second-order valence-electron chi connectivity index (χ2n) is 4.27. The molecule has 0 bridgehead atoms. The molecule has 19 heavy (non-hydrogen) atoms. The molecule has 0 spiro atoms. The summed E-state index contributed by atoms with van der Waals surface area (Å²) in [7, 11) is -3.12. The van der Waals surface area contributed by atoms with Gasteiger partial charge in [-0.15, -0.1) is 0 Å². The van der Waals surface area contributed by atoms with Gasteiger partial charge in [-0.05, 0) is 17.7 Å². The molecular formula is C13H15N3O2S. The highest BCUT2D eigenvalue weighted by atomic mass is 32.2. The summed E-state index contributed by atoms with van der Waals surface area (Å²) in [6.07, 6.45) is 6.21. The molecular weight excluding hydrogens is 262 g/mol. The Morgan fingerprint density at radius 2 is 1.58 bits per heavy atom. The van der Waals surface area contributed by atoms with Gasteiger partial charge < -0.3 is 5.32 Å². The molecule has 0 aliphatic carbocycles. The van der Waals surface area contributed by atoms with Crippen LogP contribution in [0.4, 0.5) is 0 Å². The van der Waals surface area contributed by atoms with Crippen molar-refractivity contribution in [1.29, 1.82) is 0 Å². The number of nitrogens with one attached hydrogen (secondary N) is 1. The summed E-state index contributed by atoms with van der Waals surface area (Å²) in [5.41, 5.74) is 2.04. The van der Waals surface area contributed by atoms with Crippen molar-refractivity contribution in [3.63, 3.8) is 0 Å². The normalized spacial score (nSPS) is 11.4. The fourth-order valence-corrected chi connectivity index (χ4v) is 2.26. The lowest BCUT2D eigenvalue weighted by atomic mass is 10.2. The van der Waals surface area contributed by atoms with E-state index in [-0.39, 0.29) is 0 Å². The average Bonchev–Trinajstić information content (AvgIpc) is 2.39. The van der Waals surface area contributed by atoms with Crippen LogP contribution in [0.2, 0.25) is 0 Å². The van der Waals surface area contributed by atoms with Crippen molar-refractivity contribution in [3.05, 3.63) is 54.1 Å². The van der Waals surface area contributed by atoms with Gasteiger partial charge in [-0.1, -0.05) is 12.1 Å². The minimum Gasteiger partial charge on any atom is -0.309 e. The number of rotatable bonds is 5. The highest BCUT2D eigenvalue weighted by Gasteiger charge is 2.05. The second kappa shape index (κ2) is 5.90. The van der Waals surface area contributed by atoms with E-state index < -0.39 is 9.84 Å². The smallest absolute Gasteiger partial charge is 0.175 e. The Morgan fingerprint density at radius 1 is 1.00 bits per heavy atom. The van der Waals surface area contributed by atoms with Crippen molar-refractivity contribution < 1.29 is 8.42 Å². The zero-order valence-electron chi connectivity index (χ0n) is 10.6. The maximum Gasteiger partial charge on any atom is 0.175 e. The number of hydrogen-bond donors (Lipinski definition) is 1. The Kier molecular flexibility index (Phi) is 4.24. The molecule has 5 nitrogen and oxygen atoms in total. The number of sulfone groups is 1. The molecule has 1 N–H and O–H groups in total. The van der Waals surface area contributed by atoms with Crippen LogP contribution in [0, 0.1) is 0 Å². The Labute approximate surface area is 112 Å². The Morgan fingerprint density at radius 3 is 2.16 bits per heavy atom. The summed E-state index contributed by atoms with van der Waals surface area (Å²) in [5, 5.41) is 3.25. The van der Waals surface area contributed by atoms with E-state index in [0.29, 0.717) is 18.0 Å². The van der Waals surface area contributed by atoms with Gasteiger partial charge in [0.1, 0.15) is 6.33 Å². The van der Waals surface area contributed by atoms with Crippen molar-refractivity contribution in [2.24, 2.45) is 0 Å². The van der Waals surface area contributed by atoms with Crippen LogP contribution in [-0.2, 0) is 22.9 Å². The summed E-state index contributed by atoms with van der Waals surface area (Å²) < 4.78 is 22.6. The monoisotopic (exact) mass is 277 g/mol. The average molecular weight is 277 g/mol. The zero-order valence-corrected chi connectivity index (χ0v) is 11.4. The van der Waals surface area contributed by atoms with Gasteiger partial charge in [0.05, 0.1) is 4.90 Å². The number of benzene rings is 1. The van der Waals surface area contributed by atoms with Crippen LogP contribution >= 0.6 is 0 Å². The van der Waals surface area contributed by atoms with Crippen LogP contribution < -0.4 is 5.32 Å². The molecule has 0 fully saturated rings. The van der Waals surface area contributed by atoms with Crippen LogP contribution in [0.3, 0.4) is 0 Å². The molecule has 2 aromatic rings. The van der Waals surface area contributed by atoms with Crippen molar-refractivity contribution in [2.75, 3.05) is 6.26 Å². The highest BCUT2D eigenvalue weighted by Crippen LogP contribution is 2.10. The predicted molar refractivity (Wildman–Crippen MR) is 72.1 cm³/mol. The van der Waals surface area contributed by atoms with Gasteiger partial charge in [-0.3, -0.25) is 0 Å². The van der Waals surface area contributed by atoms with Gasteiger partial charge in [0, 0.05) is 37.3 Å². The van der Waals surface area contributed by atoms with Gasteiger partial charge >= 0.3 is 0 Å². The van der Waals surface area contributed by atoms with E-state index in [1.807, 2.05) is 12.1 Å². The topological polar surface area (TPSA) is 72.0 Å². The first-order chi connectivity index (χ1) is 9.05. The number of hydrogen-bond acceptors (Lipinski definition) is 5. The van der Waals surface area contributed by atoms with E-state index in [4.69, 9.17) is 0 Å². The third-order valence-corrected chi connectivity index (χ3v) is 3.75. The fraction of sp³-hybridized carbons (Fsp3) is 0.231.